The molecule has 1 aromatic rings. The summed E-state index contributed by atoms with van der Waals surface area (Å²) in [5.74, 6) is 0.856. The summed E-state index contributed by atoms with van der Waals surface area (Å²) in [6, 6.07) is 6.95. The molecule has 1 aliphatic carbocycles. The average Bonchev–Trinajstić information content (AvgIpc) is 3.28. The Balaban J connectivity index is 1.94. The zero-order valence-corrected chi connectivity index (χ0v) is 13.4. The monoisotopic (exact) mass is 296 g/mol. The summed E-state index contributed by atoms with van der Waals surface area (Å²) in [5, 5.41) is 4.16. The molecule has 4 heteroatoms. The van der Waals surface area contributed by atoms with Crippen LogP contribution in [0.25, 0.3) is 0 Å². The standard InChI is InChI=1S/C16H25ClN2O/c1-12(13-4-5-13)19(2)15-7-6-14(16(17)10-15)11-18-8-9-20-3/h6-7,10,12-13,18H,4-5,8-9,11H2,1-3H3. The van der Waals surface area contributed by atoms with Crippen LogP contribution in [0.3, 0.4) is 0 Å². The van der Waals surface area contributed by atoms with E-state index in [1.54, 1.807) is 7.11 Å². The van der Waals surface area contributed by atoms with Crippen LogP contribution in [0.15, 0.2) is 18.2 Å². The Bertz CT molecular complexity index is 434. The van der Waals surface area contributed by atoms with E-state index in [-0.39, 0.29) is 0 Å². The molecule has 1 aromatic carbocycles. The molecule has 0 amide bonds. The SMILES string of the molecule is COCCNCc1ccc(N(C)C(C)C2CC2)cc1Cl. The van der Waals surface area contributed by atoms with Gasteiger partial charge < -0.3 is 15.0 Å². The fraction of sp³-hybridized carbons (Fsp3) is 0.625. The lowest BCUT2D eigenvalue weighted by Crippen LogP contribution is -2.30. The van der Waals surface area contributed by atoms with Crippen molar-refractivity contribution in [1.82, 2.24) is 5.32 Å². The molecule has 1 aliphatic rings. The molecule has 1 saturated carbocycles. The van der Waals surface area contributed by atoms with E-state index in [4.69, 9.17) is 16.3 Å². The van der Waals surface area contributed by atoms with Crippen molar-refractivity contribution in [3.8, 4) is 0 Å². The Hall–Kier alpha value is -0.770. The number of benzene rings is 1. The lowest BCUT2D eigenvalue weighted by Gasteiger charge is -2.27. The smallest absolute Gasteiger partial charge is 0.0587 e. The number of nitrogens with zero attached hydrogens (tertiary/aromatic N) is 1. The molecule has 0 heterocycles. The molecule has 0 spiro atoms. The molecular formula is C16H25ClN2O. The van der Waals surface area contributed by atoms with E-state index >= 15 is 0 Å². The first-order valence-corrected chi connectivity index (χ1v) is 7.72. The number of nitrogens with one attached hydrogen (secondary N) is 1. The maximum atomic E-state index is 6.39. The molecule has 1 atom stereocenters. The Morgan fingerprint density at radius 2 is 2.20 bits per heavy atom. The Morgan fingerprint density at radius 3 is 2.80 bits per heavy atom. The van der Waals surface area contributed by atoms with Crippen LogP contribution in [0.4, 0.5) is 5.69 Å². The van der Waals surface area contributed by atoms with Crippen LogP contribution in [-0.4, -0.2) is 33.4 Å². The average molecular weight is 297 g/mol. The predicted molar refractivity (Wildman–Crippen MR) is 85.6 cm³/mol. The molecule has 0 bridgehead atoms. The highest BCUT2D eigenvalue weighted by atomic mass is 35.5. The highest BCUT2D eigenvalue weighted by Gasteiger charge is 2.30. The molecule has 0 aliphatic heterocycles. The Kier molecular flexibility index (Phi) is 5.70. The third-order valence-electron chi connectivity index (χ3n) is 4.16. The van der Waals surface area contributed by atoms with Gasteiger partial charge in [0.15, 0.2) is 0 Å². The van der Waals surface area contributed by atoms with Crippen molar-refractivity contribution in [1.29, 1.82) is 0 Å². The zero-order valence-electron chi connectivity index (χ0n) is 12.7. The molecule has 20 heavy (non-hydrogen) atoms. The first kappa shape index (κ1) is 15.6. The van der Waals surface area contributed by atoms with Crippen LogP contribution in [0.1, 0.15) is 25.3 Å². The second-order valence-corrected chi connectivity index (χ2v) is 6.04. The molecule has 1 fully saturated rings. The molecule has 1 N–H and O–H groups in total. The molecule has 1 unspecified atom stereocenters. The van der Waals surface area contributed by atoms with Gasteiger partial charge in [0.1, 0.15) is 0 Å². The summed E-state index contributed by atoms with van der Waals surface area (Å²) < 4.78 is 5.01. The van der Waals surface area contributed by atoms with Gasteiger partial charge in [-0.05, 0) is 43.4 Å². The summed E-state index contributed by atoms with van der Waals surface area (Å²) >= 11 is 6.39. The first-order chi connectivity index (χ1) is 9.63. The number of hydrogen-bond donors (Lipinski definition) is 1. The molecule has 3 nitrogen and oxygen atoms in total. The van der Waals surface area contributed by atoms with Gasteiger partial charge in [-0.15, -0.1) is 0 Å². The predicted octanol–water partition coefficient (Wildman–Crippen LogP) is 3.31. The summed E-state index contributed by atoms with van der Waals surface area (Å²) in [6.07, 6.45) is 2.72. The van der Waals surface area contributed by atoms with Crippen LogP contribution < -0.4 is 10.2 Å². The number of anilines is 1. The minimum Gasteiger partial charge on any atom is -0.383 e. The van der Waals surface area contributed by atoms with E-state index in [1.807, 2.05) is 0 Å². The van der Waals surface area contributed by atoms with Crippen LogP contribution in [0.2, 0.25) is 5.02 Å². The molecule has 2 rings (SSSR count). The van der Waals surface area contributed by atoms with Crippen molar-refractivity contribution in [3.63, 3.8) is 0 Å². The number of halogens is 1. The third-order valence-corrected chi connectivity index (χ3v) is 4.51. The van der Waals surface area contributed by atoms with Crippen LogP contribution in [0, 0.1) is 5.92 Å². The fourth-order valence-corrected chi connectivity index (χ4v) is 2.67. The van der Waals surface area contributed by atoms with Gasteiger partial charge in [-0.25, -0.2) is 0 Å². The van der Waals surface area contributed by atoms with E-state index < -0.39 is 0 Å². The lowest BCUT2D eigenvalue weighted by molar-refractivity contribution is 0.199. The van der Waals surface area contributed by atoms with Crippen molar-refractivity contribution in [2.75, 3.05) is 32.2 Å². The molecule has 0 aromatic heterocycles. The van der Waals surface area contributed by atoms with Crippen molar-refractivity contribution >= 4 is 17.3 Å². The minimum absolute atomic E-state index is 0.594. The largest absolute Gasteiger partial charge is 0.383 e. The highest BCUT2D eigenvalue weighted by molar-refractivity contribution is 6.31. The van der Waals surface area contributed by atoms with Crippen molar-refractivity contribution < 1.29 is 4.74 Å². The van der Waals surface area contributed by atoms with E-state index in [0.717, 1.165) is 36.2 Å². The second-order valence-electron chi connectivity index (χ2n) is 5.63. The van der Waals surface area contributed by atoms with Crippen molar-refractivity contribution in [2.24, 2.45) is 5.92 Å². The molecular weight excluding hydrogens is 272 g/mol. The highest BCUT2D eigenvalue weighted by Crippen LogP contribution is 2.36. The van der Waals surface area contributed by atoms with Gasteiger partial charge in [0.2, 0.25) is 0 Å². The van der Waals surface area contributed by atoms with Crippen LogP contribution in [0.5, 0.6) is 0 Å². The number of rotatable bonds is 8. The summed E-state index contributed by atoms with van der Waals surface area (Å²) in [6.45, 7) is 4.64. The quantitative estimate of drug-likeness (QED) is 0.745. The fourth-order valence-electron chi connectivity index (χ4n) is 2.43. The van der Waals surface area contributed by atoms with Gasteiger partial charge in [0.05, 0.1) is 6.61 Å². The van der Waals surface area contributed by atoms with Gasteiger partial charge in [0.25, 0.3) is 0 Å². The van der Waals surface area contributed by atoms with E-state index in [0.29, 0.717) is 6.04 Å². The van der Waals surface area contributed by atoms with E-state index in [2.05, 4.69) is 42.4 Å². The van der Waals surface area contributed by atoms with Gasteiger partial charge in [-0.3, -0.25) is 0 Å². The maximum absolute atomic E-state index is 6.39. The molecule has 112 valence electrons. The van der Waals surface area contributed by atoms with Gasteiger partial charge >= 0.3 is 0 Å². The summed E-state index contributed by atoms with van der Waals surface area (Å²) in [7, 11) is 3.87. The van der Waals surface area contributed by atoms with Crippen molar-refractivity contribution in [3.05, 3.63) is 28.8 Å². The van der Waals surface area contributed by atoms with Gasteiger partial charge in [0, 0.05) is 44.0 Å². The lowest BCUT2D eigenvalue weighted by atomic mass is 10.1. The Labute approximate surface area is 127 Å². The topological polar surface area (TPSA) is 24.5 Å². The number of methoxy groups -OCH3 is 1. The zero-order chi connectivity index (χ0) is 14.5. The number of hydrogen-bond acceptors (Lipinski definition) is 3. The third kappa shape index (κ3) is 4.11. The normalized spacial score (nSPS) is 16.2. The van der Waals surface area contributed by atoms with E-state index in [1.165, 1.54) is 18.5 Å². The van der Waals surface area contributed by atoms with Gasteiger partial charge in [-0.2, -0.15) is 0 Å². The Morgan fingerprint density at radius 1 is 1.45 bits per heavy atom. The summed E-state index contributed by atoms with van der Waals surface area (Å²) in [4.78, 5) is 2.34. The van der Waals surface area contributed by atoms with Gasteiger partial charge in [-0.1, -0.05) is 17.7 Å². The van der Waals surface area contributed by atoms with E-state index in [9.17, 15) is 0 Å². The maximum Gasteiger partial charge on any atom is 0.0587 e. The van der Waals surface area contributed by atoms with Crippen LogP contribution in [-0.2, 0) is 11.3 Å². The molecule has 0 radical (unpaired) electrons. The van der Waals surface area contributed by atoms with Crippen molar-refractivity contribution in [2.45, 2.75) is 32.4 Å². The van der Waals surface area contributed by atoms with Crippen LogP contribution >= 0.6 is 11.6 Å². The molecule has 0 saturated heterocycles. The second kappa shape index (κ2) is 7.30. The number of ether oxygens (including phenoxy) is 1. The minimum atomic E-state index is 0.594. The first-order valence-electron chi connectivity index (χ1n) is 7.34. The summed E-state index contributed by atoms with van der Waals surface area (Å²) in [5.41, 5.74) is 2.34.